The molecule has 1 aromatic heterocycles. The predicted molar refractivity (Wildman–Crippen MR) is 72.4 cm³/mol. The first-order valence-electron chi connectivity index (χ1n) is 6.76. The van der Waals surface area contributed by atoms with Crippen molar-refractivity contribution in [1.82, 2.24) is 10.3 Å². The number of fused-ring (bicyclic) bond motifs is 2. The minimum Gasteiger partial charge on any atom is -0.355 e. The van der Waals surface area contributed by atoms with Crippen LogP contribution in [-0.2, 0) is 0 Å². The first-order chi connectivity index (χ1) is 9.13. The topological polar surface area (TPSA) is 71.3 Å². The lowest BCUT2D eigenvalue weighted by Gasteiger charge is -2.25. The summed E-state index contributed by atoms with van der Waals surface area (Å²) in [7, 11) is 0. The van der Waals surface area contributed by atoms with Crippen LogP contribution in [-0.4, -0.2) is 35.1 Å². The van der Waals surface area contributed by atoms with Crippen LogP contribution < -0.4 is 10.2 Å². The van der Waals surface area contributed by atoms with E-state index in [1.807, 2.05) is 0 Å². The minimum absolute atomic E-state index is 0.0956. The van der Waals surface area contributed by atoms with Crippen LogP contribution in [0, 0.1) is 17.0 Å². The normalized spacial score (nSPS) is 26.3. The van der Waals surface area contributed by atoms with Crippen LogP contribution in [0.5, 0.6) is 0 Å². The standard InChI is InChI=1S/C13H18N4O2/c1-9-12(17(18)19)4-5-13(14-9)16-7-6-10-2-3-11(8-16)15-10/h4-5,10-11,15H,2-3,6-8H2,1H3. The fourth-order valence-corrected chi connectivity index (χ4v) is 3.06. The van der Waals surface area contributed by atoms with Crippen LogP contribution in [0.2, 0.25) is 0 Å². The molecule has 2 bridgehead atoms. The van der Waals surface area contributed by atoms with Crippen molar-refractivity contribution in [2.45, 2.75) is 38.3 Å². The number of anilines is 1. The lowest BCUT2D eigenvalue weighted by molar-refractivity contribution is -0.385. The maximum Gasteiger partial charge on any atom is 0.290 e. The van der Waals surface area contributed by atoms with Gasteiger partial charge in [-0.2, -0.15) is 0 Å². The van der Waals surface area contributed by atoms with Crippen molar-refractivity contribution in [3.8, 4) is 0 Å². The van der Waals surface area contributed by atoms with Gasteiger partial charge in [-0.05, 0) is 32.3 Å². The van der Waals surface area contributed by atoms with E-state index in [1.54, 1.807) is 19.1 Å². The van der Waals surface area contributed by atoms with Crippen molar-refractivity contribution in [1.29, 1.82) is 0 Å². The van der Waals surface area contributed by atoms with E-state index in [0.29, 0.717) is 17.8 Å². The van der Waals surface area contributed by atoms with Gasteiger partial charge in [0.1, 0.15) is 11.5 Å². The fraction of sp³-hybridized carbons (Fsp3) is 0.615. The molecule has 2 saturated heterocycles. The maximum atomic E-state index is 10.8. The van der Waals surface area contributed by atoms with Crippen molar-refractivity contribution in [3.63, 3.8) is 0 Å². The van der Waals surface area contributed by atoms with Crippen molar-refractivity contribution in [3.05, 3.63) is 27.9 Å². The SMILES string of the molecule is Cc1nc(N2CCC3CCC(C2)N3)ccc1[N+](=O)[O-]. The molecule has 2 aliphatic heterocycles. The molecule has 0 aliphatic carbocycles. The van der Waals surface area contributed by atoms with Gasteiger partial charge in [0.2, 0.25) is 0 Å². The molecule has 1 aromatic rings. The van der Waals surface area contributed by atoms with E-state index in [9.17, 15) is 10.1 Å². The number of pyridine rings is 1. The van der Waals surface area contributed by atoms with Gasteiger partial charge >= 0.3 is 0 Å². The van der Waals surface area contributed by atoms with Crippen LogP contribution in [0.15, 0.2) is 12.1 Å². The van der Waals surface area contributed by atoms with Crippen molar-refractivity contribution >= 4 is 11.5 Å². The number of aryl methyl sites for hydroxylation is 1. The maximum absolute atomic E-state index is 10.8. The Bertz CT molecular complexity index is 505. The van der Waals surface area contributed by atoms with Gasteiger partial charge < -0.3 is 10.2 Å². The Balaban J connectivity index is 1.82. The lowest BCUT2D eigenvalue weighted by atomic mass is 10.1. The second-order valence-electron chi connectivity index (χ2n) is 5.40. The number of nitro groups is 1. The average Bonchev–Trinajstić information content (AvgIpc) is 2.68. The highest BCUT2D eigenvalue weighted by Crippen LogP contribution is 2.25. The molecule has 0 amide bonds. The highest BCUT2D eigenvalue weighted by atomic mass is 16.6. The molecular formula is C13H18N4O2. The first-order valence-corrected chi connectivity index (χ1v) is 6.76. The highest BCUT2D eigenvalue weighted by Gasteiger charge is 2.30. The molecule has 0 saturated carbocycles. The van der Waals surface area contributed by atoms with E-state index in [2.05, 4.69) is 15.2 Å². The van der Waals surface area contributed by atoms with Gasteiger partial charge in [-0.15, -0.1) is 0 Å². The zero-order chi connectivity index (χ0) is 13.4. The first kappa shape index (κ1) is 12.3. The zero-order valence-electron chi connectivity index (χ0n) is 11.0. The van der Waals surface area contributed by atoms with Gasteiger partial charge in [-0.3, -0.25) is 10.1 Å². The molecule has 6 heteroatoms. The summed E-state index contributed by atoms with van der Waals surface area (Å²) in [5.74, 6) is 0.859. The second kappa shape index (κ2) is 4.77. The quantitative estimate of drug-likeness (QED) is 0.648. The molecule has 3 heterocycles. The summed E-state index contributed by atoms with van der Waals surface area (Å²) in [6.07, 6.45) is 3.60. The molecule has 0 spiro atoms. The number of nitrogens with zero attached hydrogens (tertiary/aromatic N) is 3. The highest BCUT2D eigenvalue weighted by molar-refractivity contribution is 5.47. The Kier molecular flexibility index (Phi) is 3.10. The van der Waals surface area contributed by atoms with Crippen molar-refractivity contribution in [2.24, 2.45) is 0 Å². The van der Waals surface area contributed by atoms with E-state index in [4.69, 9.17) is 0 Å². The van der Waals surface area contributed by atoms with Gasteiger partial charge in [0.25, 0.3) is 5.69 Å². The Hall–Kier alpha value is -1.69. The molecule has 102 valence electrons. The fourth-order valence-electron chi connectivity index (χ4n) is 3.06. The van der Waals surface area contributed by atoms with Crippen molar-refractivity contribution in [2.75, 3.05) is 18.0 Å². The van der Waals surface area contributed by atoms with Crippen LogP contribution in [0.1, 0.15) is 25.0 Å². The predicted octanol–water partition coefficient (Wildman–Crippen LogP) is 1.63. The number of aromatic nitrogens is 1. The van der Waals surface area contributed by atoms with Crippen LogP contribution in [0.25, 0.3) is 0 Å². The number of hydrogen-bond acceptors (Lipinski definition) is 5. The Labute approximate surface area is 112 Å². The molecule has 2 aliphatic rings. The molecule has 0 aromatic carbocycles. The molecule has 2 unspecified atom stereocenters. The van der Waals surface area contributed by atoms with Gasteiger partial charge in [-0.1, -0.05) is 0 Å². The third kappa shape index (κ3) is 2.40. The summed E-state index contributed by atoms with van der Waals surface area (Å²) < 4.78 is 0. The molecular weight excluding hydrogens is 244 g/mol. The minimum atomic E-state index is -0.377. The van der Waals surface area contributed by atoms with E-state index < -0.39 is 0 Å². The van der Waals surface area contributed by atoms with Crippen LogP contribution in [0.3, 0.4) is 0 Å². The van der Waals surface area contributed by atoms with Gasteiger partial charge in [-0.25, -0.2) is 4.98 Å². The van der Waals surface area contributed by atoms with Crippen LogP contribution >= 0.6 is 0 Å². The van der Waals surface area contributed by atoms with Crippen LogP contribution in [0.4, 0.5) is 11.5 Å². The average molecular weight is 262 g/mol. The third-order valence-corrected chi connectivity index (χ3v) is 4.09. The molecule has 0 radical (unpaired) electrons. The number of hydrogen-bond donors (Lipinski definition) is 1. The summed E-state index contributed by atoms with van der Waals surface area (Å²) in [4.78, 5) is 17.1. The summed E-state index contributed by atoms with van der Waals surface area (Å²) in [5, 5.41) is 14.4. The van der Waals surface area contributed by atoms with E-state index in [1.165, 1.54) is 12.8 Å². The zero-order valence-corrected chi connectivity index (χ0v) is 11.0. The van der Waals surface area contributed by atoms with E-state index in [-0.39, 0.29) is 10.6 Å². The van der Waals surface area contributed by atoms with Gasteiger partial charge in [0.15, 0.2) is 0 Å². The molecule has 1 N–H and O–H groups in total. The number of nitrogens with one attached hydrogen (secondary N) is 1. The smallest absolute Gasteiger partial charge is 0.290 e. The summed E-state index contributed by atoms with van der Waals surface area (Å²) >= 11 is 0. The Morgan fingerprint density at radius 2 is 2.16 bits per heavy atom. The lowest BCUT2D eigenvalue weighted by Crippen LogP contribution is -2.35. The number of rotatable bonds is 2. The summed E-state index contributed by atoms with van der Waals surface area (Å²) in [6.45, 7) is 3.61. The third-order valence-electron chi connectivity index (χ3n) is 4.09. The van der Waals surface area contributed by atoms with E-state index in [0.717, 1.165) is 25.3 Å². The largest absolute Gasteiger partial charge is 0.355 e. The van der Waals surface area contributed by atoms with Gasteiger partial charge in [0.05, 0.1) is 4.92 Å². The molecule has 6 nitrogen and oxygen atoms in total. The molecule has 19 heavy (non-hydrogen) atoms. The summed E-state index contributed by atoms with van der Waals surface area (Å²) in [5.41, 5.74) is 0.586. The second-order valence-corrected chi connectivity index (χ2v) is 5.40. The molecule has 2 fully saturated rings. The summed E-state index contributed by atoms with van der Waals surface area (Å²) in [6, 6.07) is 4.50. The Morgan fingerprint density at radius 3 is 2.89 bits per heavy atom. The van der Waals surface area contributed by atoms with E-state index >= 15 is 0 Å². The molecule has 2 atom stereocenters. The molecule has 3 rings (SSSR count). The van der Waals surface area contributed by atoms with Gasteiger partial charge in [0, 0.05) is 31.2 Å². The Morgan fingerprint density at radius 1 is 1.37 bits per heavy atom. The van der Waals surface area contributed by atoms with Crippen molar-refractivity contribution < 1.29 is 4.92 Å². The monoisotopic (exact) mass is 262 g/mol.